The standard InChI is InChI=1S/C28H24F9N7O2S/c1-14-19(28(35,36)37)11-21-23(38-14)20(4-3-7-43(21)13-18-5-6-22(47-18)24(45)46)44(25-39-41-42(2)40-25)12-15-8-16(26(29,30)31)10-17(9-15)27(32,33)34/h5-6,8-11,20H,3-4,7,12-13H2,1-2H3,(H,45,46). The van der Waals surface area contributed by atoms with Gasteiger partial charge in [0.1, 0.15) is 4.88 Å². The van der Waals surface area contributed by atoms with Crippen LogP contribution in [0.15, 0.2) is 36.4 Å². The first-order valence-electron chi connectivity index (χ1n) is 13.8. The number of pyridine rings is 1. The molecule has 3 aromatic heterocycles. The van der Waals surface area contributed by atoms with Crippen LogP contribution in [0.3, 0.4) is 0 Å². The van der Waals surface area contributed by atoms with Gasteiger partial charge in [0.2, 0.25) is 0 Å². The van der Waals surface area contributed by atoms with Crippen LogP contribution in [0.25, 0.3) is 0 Å². The van der Waals surface area contributed by atoms with Crippen molar-refractivity contribution in [2.75, 3.05) is 16.3 Å². The molecule has 252 valence electrons. The third kappa shape index (κ3) is 7.44. The minimum Gasteiger partial charge on any atom is -0.477 e. The molecule has 19 heteroatoms. The number of tetrazole rings is 1. The minimum atomic E-state index is -5.12. The number of aryl methyl sites for hydroxylation is 2. The van der Waals surface area contributed by atoms with Crippen molar-refractivity contribution in [3.63, 3.8) is 0 Å². The Morgan fingerprint density at radius 3 is 2.19 bits per heavy atom. The number of nitrogens with zero attached hydrogens (tertiary/aromatic N) is 7. The molecular formula is C28H24F9N7O2S. The summed E-state index contributed by atoms with van der Waals surface area (Å²) in [5.74, 6) is -1.38. The zero-order chi connectivity index (χ0) is 34.5. The number of hydrogen-bond donors (Lipinski definition) is 1. The van der Waals surface area contributed by atoms with Crippen LogP contribution in [0, 0.1) is 6.92 Å². The predicted octanol–water partition coefficient (Wildman–Crippen LogP) is 7.28. The van der Waals surface area contributed by atoms with E-state index in [2.05, 4.69) is 20.4 Å². The van der Waals surface area contributed by atoms with Crippen LogP contribution in [0.5, 0.6) is 0 Å². The third-order valence-electron chi connectivity index (χ3n) is 7.44. The fourth-order valence-corrected chi connectivity index (χ4v) is 6.24. The van der Waals surface area contributed by atoms with Gasteiger partial charge in [0.15, 0.2) is 0 Å². The van der Waals surface area contributed by atoms with E-state index in [1.807, 2.05) is 0 Å². The maximum atomic E-state index is 14.1. The zero-order valence-corrected chi connectivity index (χ0v) is 25.2. The molecule has 0 aliphatic carbocycles. The van der Waals surface area contributed by atoms with Crippen LogP contribution in [0.4, 0.5) is 51.1 Å². The second-order valence-corrected chi connectivity index (χ2v) is 12.0. The van der Waals surface area contributed by atoms with E-state index in [-0.39, 0.29) is 54.2 Å². The van der Waals surface area contributed by atoms with Crippen molar-refractivity contribution in [1.29, 1.82) is 0 Å². The number of carboxylic acids is 1. The summed E-state index contributed by atoms with van der Waals surface area (Å²) >= 11 is 0.935. The van der Waals surface area contributed by atoms with Crippen molar-refractivity contribution < 1.29 is 49.4 Å². The lowest BCUT2D eigenvalue weighted by Crippen LogP contribution is -2.31. The van der Waals surface area contributed by atoms with Crippen LogP contribution in [-0.4, -0.2) is 42.8 Å². The first-order chi connectivity index (χ1) is 21.8. The van der Waals surface area contributed by atoms with Gasteiger partial charge in [-0.25, -0.2) is 4.79 Å². The summed E-state index contributed by atoms with van der Waals surface area (Å²) in [7, 11) is 1.38. The summed E-state index contributed by atoms with van der Waals surface area (Å²) < 4.78 is 124. The monoisotopic (exact) mass is 693 g/mol. The van der Waals surface area contributed by atoms with Crippen molar-refractivity contribution in [2.45, 2.75) is 57.4 Å². The van der Waals surface area contributed by atoms with E-state index >= 15 is 0 Å². The fourth-order valence-electron chi connectivity index (χ4n) is 5.38. The van der Waals surface area contributed by atoms with E-state index in [4.69, 9.17) is 0 Å². The van der Waals surface area contributed by atoms with Gasteiger partial charge in [0, 0.05) is 18.0 Å². The van der Waals surface area contributed by atoms with Gasteiger partial charge in [-0.2, -0.15) is 44.3 Å². The molecule has 0 amide bonds. The van der Waals surface area contributed by atoms with E-state index < -0.39 is 65.0 Å². The van der Waals surface area contributed by atoms with Crippen molar-refractivity contribution in [1.82, 2.24) is 25.2 Å². The number of anilines is 2. The molecule has 1 N–H and O–H groups in total. The van der Waals surface area contributed by atoms with Gasteiger partial charge in [-0.05, 0) is 66.9 Å². The fraction of sp³-hybridized carbons (Fsp3) is 0.393. The van der Waals surface area contributed by atoms with Crippen LogP contribution < -0.4 is 9.80 Å². The first-order valence-corrected chi connectivity index (χ1v) is 14.6. The van der Waals surface area contributed by atoms with E-state index in [1.54, 1.807) is 4.90 Å². The van der Waals surface area contributed by atoms with E-state index in [1.165, 1.54) is 24.1 Å². The summed E-state index contributed by atoms with van der Waals surface area (Å²) in [6.45, 7) is 0.694. The van der Waals surface area contributed by atoms with Gasteiger partial charge in [-0.1, -0.05) is 5.10 Å². The number of rotatable bonds is 7. The SMILES string of the molecule is Cc1nc2c(cc1C(F)(F)F)N(Cc1ccc(C(=O)O)s1)CCCC2N(Cc1cc(C(F)(F)F)cc(C(F)(F)F)c1)c1nnn(C)n1. The summed E-state index contributed by atoms with van der Waals surface area (Å²) in [6, 6.07) is 3.89. The Bertz CT molecular complexity index is 1750. The van der Waals surface area contributed by atoms with Crippen molar-refractivity contribution >= 4 is 28.9 Å². The highest BCUT2D eigenvalue weighted by Gasteiger charge is 2.40. The molecule has 4 heterocycles. The van der Waals surface area contributed by atoms with Crippen LogP contribution in [0.1, 0.15) is 67.1 Å². The van der Waals surface area contributed by atoms with Gasteiger partial charge < -0.3 is 14.9 Å². The van der Waals surface area contributed by atoms with Crippen LogP contribution in [0.2, 0.25) is 0 Å². The normalized spacial score (nSPS) is 15.8. The Morgan fingerprint density at radius 1 is 1.00 bits per heavy atom. The molecule has 1 atom stereocenters. The summed E-state index contributed by atoms with van der Waals surface area (Å²) in [6.07, 6.45) is -14.6. The van der Waals surface area contributed by atoms with E-state index in [0.29, 0.717) is 17.0 Å². The Kier molecular flexibility index (Phi) is 8.89. The van der Waals surface area contributed by atoms with Gasteiger partial charge >= 0.3 is 24.5 Å². The van der Waals surface area contributed by atoms with Gasteiger partial charge in [0.05, 0.1) is 53.4 Å². The van der Waals surface area contributed by atoms with Crippen molar-refractivity contribution in [3.05, 3.63) is 79.8 Å². The molecule has 9 nitrogen and oxygen atoms in total. The highest BCUT2D eigenvalue weighted by Crippen LogP contribution is 2.43. The number of hydrogen-bond acceptors (Lipinski definition) is 8. The van der Waals surface area contributed by atoms with Gasteiger partial charge in [-0.3, -0.25) is 4.98 Å². The van der Waals surface area contributed by atoms with Crippen molar-refractivity contribution in [3.8, 4) is 0 Å². The first kappa shape index (κ1) is 33.9. The maximum Gasteiger partial charge on any atom is 0.418 e. The van der Waals surface area contributed by atoms with Crippen LogP contribution >= 0.6 is 11.3 Å². The molecule has 1 aliphatic rings. The summed E-state index contributed by atoms with van der Waals surface area (Å²) in [5.41, 5.74) is -4.88. The number of carboxylic acid groups (broad SMARTS) is 1. The highest BCUT2D eigenvalue weighted by molar-refractivity contribution is 7.13. The van der Waals surface area contributed by atoms with E-state index in [9.17, 15) is 49.4 Å². The van der Waals surface area contributed by atoms with Crippen LogP contribution in [-0.2, 0) is 38.7 Å². The Hall–Kier alpha value is -4.42. The molecule has 0 bridgehead atoms. The highest BCUT2D eigenvalue weighted by atomic mass is 32.1. The quantitative estimate of drug-likeness (QED) is 0.202. The lowest BCUT2D eigenvalue weighted by molar-refractivity contribution is -0.143. The maximum absolute atomic E-state index is 14.1. The Morgan fingerprint density at radius 2 is 1.66 bits per heavy atom. The molecule has 1 unspecified atom stereocenters. The molecule has 0 radical (unpaired) electrons. The number of halogens is 9. The van der Waals surface area contributed by atoms with E-state index in [0.717, 1.165) is 29.1 Å². The number of carbonyl (C=O) groups is 1. The zero-order valence-electron chi connectivity index (χ0n) is 24.4. The molecule has 0 saturated carbocycles. The minimum absolute atomic E-state index is 0.00281. The lowest BCUT2D eigenvalue weighted by Gasteiger charge is -2.32. The van der Waals surface area contributed by atoms with Gasteiger partial charge in [0.25, 0.3) is 5.95 Å². The molecule has 1 aliphatic heterocycles. The number of alkyl halides is 9. The molecular weight excluding hydrogens is 669 g/mol. The molecule has 0 fully saturated rings. The number of aromatic carboxylic acids is 1. The predicted molar refractivity (Wildman–Crippen MR) is 150 cm³/mol. The number of thiophene rings is 1. The van der Waals surface area contributed by atoms with Crippen molar-refractivity contribution in [2.24, 2.45) is 7.05 Å². The third-order valence-corrected chi connectivity index (χ3v) is 8.50. The second kappa shape index (κ2) is 12.3. The lowest BCUT2D eigenvalue weighted by atomic mass is 10.0. The molecule has 0 spiro atoms. The second-order valence-electron chi connectivity index (χ2n) is 10.8. The summed E-state index contributed by atoms with van der Waals surface area (Å²) in [4.78, 5) is 20.2. The smallest absolute Gasteiger partial charge is 0.418 e. The summed E-state index contributed by atoms with van der Waals surface area (Å²) in [5, 5.41) is 21.1. The largest absolute Gasteiger partial charge is 0.477 e. The molecule has 0 saturated heterocycles. The molecule has 47 heavy (non-hydrogen) atoms. The average molecular weight is 694 g/mol. The Balaban J connectivity index is 1.66. The molecule has 5 rings (SSSR count). The number of fused-ring (bicyclic) bond motifs is 1. The van der Waals surface area contributed by atoms with Gasteiger partial charge in [-0.15, -0.1) is 16.4 Å². The Labute approximate surface area is 264 Å². The molecule has 1 aromatic carbocycles. The number of aromatic nitrogens is 5. The number of benzene rings is 1. The topological polar surface area (TPSA) is 100 Å². The molecule has 4 aromatic rings. The average Bonchev–Trinajstić information content (AvgIpc) is 3.57.